The highest BCUT2D eigenvalue weighted by Crippen LogP contribution is 2.26. The molecule has 2 N–H and O–H groups in total. The predicted octanol–water partition coefficient (Wildman–Crippen LogP) is 2.04. The van der Waals surface area contributed by atoms with Crippen LogP contribution in [-0.2, 0) is 29.5 Å². The van der Waals surface area contributed by atoms with Crippen molar-refractivity contribution in [1.82, 2.24) is 14.3 Å². The van der Waals surface area contributed by atoms with Gasteiger partial charge in [0.2, 0.25) is 0 Å². The monoisotopic (exact) mass is 440 g/mol. The summed E-state index contributed by atoms with van der Waals surface area (Å²) in [5.41, 5.74) is 7.03. The third kappa shape index (κ3) is 5.25. The Morgan fingerprint density at radius 3 is 2.52 bits per heavy atom. The first-order valence-corrected chi connectivity index (χ1v) is 10.8. The van der Waals surface area contributed by atoms with Crippen molar-refractivity contribution in [2.75, 3.05) is 6.54 Å². The van der Waals surface area contributed by atoms with Crippen LogP contribution in [0.15, 0.2) is 58.5 Å². The molecule has 3 rings (SSSR count). The van der Waals surface area contributed by atoms with Crippen molar-refractivity contribution in [2.45, 2.75) is 18.8 Å². The molecule has 2 aromatic heterocycles. The number of thiol groups is 1. The van der Waals surface area contributed by atoms with Gasteiger partial charge in [-0.1, -0.05) is 24.3 Å². The molecule has 154 valence electrons. The van der Waals surface area contributed by atoms with Gasteiger partial charge >= 0.3 is 5.69 Å². The number of halogens is 2. The Morgan fingerprint density at radius 2 is 1.90 bits per heavy atom. The maximum atomic E-state index is 12.7. The highest BCUT2D eigenvalue weighted by molar-refractivity contribution is 7.71. The van der Waals surface area contributed by atoms with Crippen LogP contribution < -0.4 is 11.4 Å². The zero-order valence-corrected chi connectivity index (χ0v) is 16.8. The van der Waals surface area contributed by atoms with Crippen LogP contribution in [0.1, 0.15) is 10.4 Å². The smallest absolute Gasteiger partial charge is 0.327 e. The maximum Gasteiger partial charge on any atom is 0.346 e. The molecule has 0 fully saturated rings. The number of rotatable bonds is 8. The molecule has 29 heavy (non-hydrogen) atoms. The van der Waals surface area contributed by atoms with Crippen molar-refractivity contribution >= 4 is 22.0 Å². The van der Waals surface area contributed by atoms with Gasteiger partial charge in [-0.15, -0.1) is 11.3 Å². The van der Waals surface area contributed by atoms with Gasteiger partial charge in [-0.25, -0.2) is 17.9 Å². The third-order valence-corrected chi connectivity index (χ3v) is 5.77. The van der Waals surface area contributed by atoms with Crippen molar-refractivity contribution in [2.24, 2.45) is 5.73 Å². The molecule has 0 spiro atoms. The largest absolute Gasteiger partial charge is 0.346 e. The Kier molecular flexibility index (Phi) is 6.72. The van der Waals surface area contributed by atoms with E-state index in [9.17, 15) is 22.0 Å². The topological polar surface area (TPSA) is 100.0 Å². The Morgan fingerprint density at radius 1 is 1.17 bits per heavy atom. The Hall–Kier alpha value is -2.63. The second-order valence-electron chi connectivity index (χ2n) is 6.26. The van der Waals surface area contributed by atoms with E-state index < -0.39 is 22.5 Å². The normalized spacial score (nSPS) is 11.2. The van der Waals surface area contributed by atoms with Crippen molar-refractivity contribution in [3.05, 3.63) is 74.6 Å². The summed E-state index contributed by atoms with van der Waals surface area (Å²) in [5, 5.41) is 5.81. The molecular weight excluding hydrogens is 422 g/mol. The lowest BCUT2D eigenvalue weighted by molar-refractivity contribution is 0.400. The molecule has 0 atom stereocenters. The summed E-state index contributed by atoms with van der Waals surface area (Å²) in [6.07, 6.45) is -0.588. The average Bonchev–Trinajstić information content (AvgIpc) is 3.28. The molecule has 1 aromatic carbocycles. The zero-order chi connectivity index (χ0) is 21.0. The summed E-state index contributed by atoms with van der Waals surface area (Å²) in [5.74, 6) is 0.00473. The summed E-state index contributed by atoms with van der Waals surface area (Å²) in [7, 11) is -2.47. The highest BCUT2D eigenvalue weighted by atomic mass is 32.2. The number of aromatic nitrogens is 3. The summed E-state index contributed by atoms with van der Waals surface area (Å²) in [4.78, 5) is 13.2. The van der Waals surface area contributed by atoms with E-state index in [1.807, 2.05) is 23.6 Å². The zero-order valence-electron chi connectivity index (χ0n) is 15.1. The fraction of sp³-hybridized carbons (Fsp3) is 0.222. The highest BCUT2D eigenvalue weighted by Gasteiger charge is 2.12. The molecule has 0 saturated carbocycles. The SMILES string of the molecule is NCC(Cn1ncn(Cc2cc(-c3ccc(C[SH](=O)=O)cc3)cs2)c1=O)=C(F)F. The van der Waals surface area contributed by atoms with Gasteiger partial charge in [0.15, 0.2) is 0 Å². The van der Waals surface area contributed by atoms with Crippen LogP contribution in [0.25, 0.3) is 11.1 Å². The van der Waals surface area contributed by atoms with Crippen LogP contribution in [-0.4, -0.2) is 29.3 Å². The second kappa shape index (κ2) is 9.25. The quantitative estimate of drug-likeness (QED) is 0.522. The van der Waals surface area contributed by atoms with Crippen LogP contribution in [0.4, 0.5) is 8.78 Å². The Balaban J connectivity index is 1.74. The first-order chi connectivity index (χ1) is 13.9. The summed E-state index contributed by atoms with van der Waals surface area (Å²) >= 11 is 1.45. The van der Waals surface area contributed by atoms with Crippen molar-refractivity contribution < 1.29 is 17.2 Å². The summed E-state index contributed by atoms with van der Waals surface area (Å²) < 4.78 is 49.4. The predicted molar refractivity (Wildman–Crippen MR) is 108 cm³/mol. The summed E-state index contributed by atoms with van der Waals surface area (Å²) in [6, 6.07) is 9.13. The number of nitrogens with zero attached hydrogens (tertiary/aromatic N) is 3. The number of benzene rings is 1. The van der Waals surface area contributed by atoms with Crippen LogP contribution in [0.2, 0.25) is 0 Å². The molecule has 0 aliphatic rings. The van der Waals surface area contributed by atoms with Crippen molar-refractivity contribution in [3.8, 4) is 11.1 Å². The van der Waals surface area contributed by atoms with E-state index in [1.54, 1.807) is 12.1 Å². The first kappa shape index (κ1) is 21.1. The van der Waals surface area contributed by atoms with Gasteiger partial charge in [0.05, 0.1) is 18.8 Å². The minimum Gasteiger partial charge on any atom is -0.327 e. The van der Waals surface area contributed by atoms with E-state index in [0.29, 0.717) is 0 Å². The van der Waals surface area contributed by atoms with Crippen LogP contribution in [0.5, 0.6) is 0 Å². The van der Waals surface area contributed by atoms with Gasteiger partial charge in [-0.2, -0.15) is 13.9 Å². The molecule has 0 radical (unpaired) electrons. The third-order valence-electron chi connectivity index (χ3n) is 4.23. The number of thiophene rings is 1. The molecule has 0 aliphatic carbocycles. The maximum absolute atomic E-state index is 12.7. The lowest BCUT2D eigenvalue weighted by Crippen LogP contribution is -2.27. The van der Waals surface area contributed by atoms with E-state index in [2.05, 4.69) is 5.10 Å². The average molecular weight is 440 g/mol. The van der Waals surface area contributed by atoms with Crippen LogP contribution in [0.3, 0.4) is 0 Å². The van der Waals surface area contributed by atoms with Gasteiger partial charge < -0.3 is 5.73 Å². The molecule has 0 aliphatic heterocycles. The molecule has 0 amide bonds. The molecule has 2 heterocycles. The van der Waals surface area contributed by atoms with Gasteiger partial charge in [0.1, 0.15) is 17.0 Å². The second-order valence-corrected chi connectivity index (χ2v) is 8.23. The lowest BCUT2D eigenvalue weighted by atomic mass is 10.1. The van der Waals surface area contributed by atoms with E-state index in [0.717, 1.165) is 26.2 Å². The van der Waals surface area contributed by atoms with E-state index >= 15 is 0 Å². The standard InChI is InChI=1S/C18H18F2N4O3S2/c19-17(20)15(6-21)7-24-18(25)23(11-22-24)8-16-5-14(9-28-16)13-3-1-12(2-4-13)10-29(26)27/h1-5,9,11,29H,6-8,10,21H2. The molecule has 7 nitrogen and oxygen atoms in total. The van der Waals surface area contributed by atoms with Crippen molar-refractivity contribution in [1.29, 1.82) is 0 Å². The molecule has 0 bridgehead atoms. The first-order valence-electron chi connectivity index (χ1n) is 8.51. The number of hydrogen-bond acceptors (Lipinski definition) is 6. The van der Waals surface area contributed by atoms with Gasteiger partial charge in [0, 0.05) is 17.0 Å². The van der Waals surface area contributed by atoms with Crippen molar-refractivity contribution in [3.63, 3.8) is 0 Å². The molecule has 0 unspecified atom stereocenters. The van der Waals surface area contributed by atoms with Gasteiger partial charge in [0.25, 0.3) is 6.08 Å². The van der Waals surface area contributed by atoms with E-state index in [1.165, 1.54) is 22.2 Å². The Labute approximate surface area is 170 Å². The lowest BCUT2D eigenvalue weighted by Gasteiger charge is -2.02. The van der Waals surface area contributed by atoms with Crippen LogP contribution in [0, 0.1) is 0 Å². The van der Waals surface area contributed by atoms with Gasteiger partial charge in [-0.05, 0) is 28.1 Å². The van der Waals surface area contributed by atoms with E-state index in [4.69, 9.17) is 5.73 Å². The number of nitrogens with two attached hydrogens (primary N) is 1. The minimum absolute atomic E-state index is 0.00473. The molecule has 11 heteroatoms. The van der Waals surface area contributed by atoms with E-state index in [-0.39, 0.29) is 31.0 Å². The molecule has 3 aromatic rings. The Bertz CT molecular complexity index is 1150. The minimum atomic E-state index is -2.47. The number of hydrogen-bond donors (Lipinski definition) is 2. The summed E-state index contributed by atoms with van der Waals surface area (Å²) in [6.45, 7) is -0.431. The fourth-order valence-electron chi connectivity index (χ4n) is 2.71. The van der Waals surface area contributed by atoms with Gasteiger partial charge in [-0.3, -0.25) is 4.57 Å². The fourth-order valence-corrected chi connectivity index (χ4v) is 4.11. The molecule has 0 saturated heterocycles. The molecular formula is C18H18F2N4O3S2. The van der Waals surface area contributed by atoms with Crippen LogP contribution >= 0.6 is 11.3 Å².